The first-order valence-electron chi connectivity index (χ1n) is 4.24. The SMILES string of the molecule is CC(F)(/C=C/C(F)(C(F)(F)F)C(F)(F)F)C(F)(F)F. The van der Waals surface area contributed by atoms with Gasteiger partial charge in [-0.15, -0.1) is 0 Å². The zero-order chi connectivity index (χ0) is 15.9. The van der Waals surface area contributed by atoms with Gasteiger partial charge in [0.2, 0.25) is 5.67 Å². The van der Waals surface area contributed by atoms with E-state index in [4.69, 9.17) is 0 Å². The summed E-state index contributed by atoms with van der Waals surface area (Å²) < 4.78 is 133. The molecule has 0 amide bonds. The summed E-state index contributed by atoms with van der Waals surface area (Å²) in [5, 5.41) is 0. The summed E-state index contributed by atoms with van der Waals surface area (Å²) in [6.45, 7) is -0.351. The van der Waals surface area contributed by atoms with Crippen molar-refractivity contribution in [3.8, 4) is 0 Å². The molecular weight excluding hydrogens is 305 g/mol. The number of hydrogen-bond donors (Lipinski definition) is 0. The summed E-state index contributed by atoms with van der Waals surface area (Å²) in [5.41, 5.74) is -10.6. The summed E-state index contributed by atoms with van der Waals surface area (Å²) in [7, 11) is 0. The van der Waals surface area contributed by atoms with Crippen LogP contribution in [-0.2, 0) is 0 Å². The Hall–Kier alpha value is -1.03. The molecule has 0 aromatic carbocycles. The van der Waals surface area contributed by atoms with E-state index in [0.29, 0.717) is 0 Å². The van der Waals surface area contributed by atoms with E-state index in [9.17, 15) is 48.3 Å². The predicted molar refractivity (Wildman–Crippen MR) is 40.7 cm³/mol. The topological polar surface area (TPSA) is 0 Å². The second kappa shape index (κ2) is 4.51. The van der Waals surface area contributed by atoms with E-state index in [1.54, 1.807) is 0 Å². The van der Waals surface area contributed by atoms with Gasteiger partial charge in [0, 0.05) is 0 Å². The van der Waals surface area contributed by atoms with Crippen LogP contribution >= 0.6 is 0 Å². The van der Waals surface area contributed by atoms with Gasteiger partial charge in [0.1, 0.15) is 0 Å². The standard InChI is InChI=1S/C8H5F11/c1-4(9,6(11,12)13)2-3-5(10,7(14,15)16)8(17,18)19/h2-3H,1H3/b3-2+. The minimum Gasteiger partial charge on any atom is -0.230 e. The Morgan fingerprint density at radius 3 is 1.05 bits per heavy atom. The minimum atomic E-state index is -6.58. The molecule has 0 bridgehead atoms. The zero-order valence-corrected chi connectivity index (χ0v) is 8.81. The second-order valence-electron chi connectivity index (χ2n) is 3.61. The maximum absolute atomic E-state index is 12.9. The van der Waals surface area contributed by atoms with Crippen LogP contribution in [0, 0.1) is 0 Å². The molecular formula is C8H5F11. The number of halogens is 11. The highest BCUT2D eigenvalue weighted by molar-refractivity contribution is 5.16. The fraction of sp³-hybridized carbons (Fsp3) is 0.750. The van der Waals surface area contributed by atoms with Crippen LogP contribution in [0.25, 0.3) is 0 Å². The van der Waals surface area contributed by atoms with E-state index in [1.165, 1.54) is 0 Å². The van der Waals surface area contributed by atoms with E-state index >= 15 is 0 Å². The smallest absolute Gasteiger partial charge is 0.230 e. The Morgan fingerprint density at radius 1 is 0.526 bits per heavy atom. The quantitative estimate of drug-likeness (QED) is 0.514. The normalized spacial score (nSPS) is 18.7. The van der Waals surface area contributed by atoms with Crippen molar-refractivity contribution in [3.05, 3.63) is 12.2 Å². The lowest BCUT2D eigenvalue weighted by atomic mass is 9.99. The van der Waals surface area contributed by atoms with Gasteiger partial charge >= 0.3 is 24.2 Å². The largest absolute Gasteiger partial charge is 0.435 e. The van der Waals surface area contributed by atoms with Crippen LogP contribution in [0.1, 0.15) is 6.92 Å². The summed E-state index contributed by atoms with van der Waals surface area (Å²) in [6, 6.07) is 0. The Labute approximate surface area is 98.4 Å². The zero-order valence-electron chi connectivity index (χ0n) is 8.81. The molecule has 1 atom stereocenters. The molecule has 114 valence electrons. The molecule has 0 N–H and O–H groups in total. The van der Waals surface area contributed by atoms with Crippen molar-refractivity contribution in [2.24, 2.45) is 0 Å². The van der Waals surface area contributed by atoms with Crippen molar-refractivity contribution in [2.45, 2.75) is 36.8 Å². The summed E-state index contributed by atoms with van der Waals surface area (Å²) >= 11 is 0. The molecule has 0 radical (unpaired) electrons. The van der Waals surface area contributed by atoms with Crippen LogP contribution in [-0.4, -0.2) is 29.9 Å². The molecule has 0 aromatic rings. The highest BCUT2D eigenvalue weighted by atomic mass is 19.4. The Balaban J connectivity index is 5.65. The third-order valence-electron chi connectivity index (χ3n) is 2.01. The van der Waals surface area contributed by atoms with Crippen molar-refractivity contribution in [1.29, 1.82) is 0 Å². The molecule has 0 saturated carbocycles. The van der Waals surface area contributed by atoms with E-state index in [1.807, 2.05) is 0 Å². The molecule has 0 aromatic heterocycles. The van der Waals surface area contributed by atoms with E-state index in [0.717, 1.165) is 0 Å². The Kier molecular flexibility index (Phi) is 4.27. The molecule has 19 heavy (non-hydrogen) atoms. The molecule has 0 rings (SSSR count). The van der Waals surface area contributed by atoms with Crippen LogP contribution in [0.3, 0.4) is 0 Å². The molecule has 1 unspecified atom stereocenters. The van der Waals surface area contributed by atoms with E-state index < -0.39 is 42.0 Å². The maximum Gasteiger partial charge on any atom is 0.435 e. The predicted octanol–water partition coefficient (Wildman–Crippen LogP) is 4.67. The summed E-state index contributed by atoms with van der Waals surface area (Å²) in [6.07, 6.45) is -21.6. The second-order valence-corrected chi connectivity index (χ2v) is 3.61. The number of rotatable bonds is 2. The van der Waals surface area contributed by atoms with Crippen LogP contribution in [0.15, 0.2) is 12.2 Å². The summed E-state index contributed by atoms with van der Waals surface area (Å²) in [4.78, 5) is 0. The van der Waals surface area contributed by atoms with E-state index in [-0.39, 0.29) is 6.92 Å². The first kappa shape index (κ1) is 18.0. The van der Waals surface area contributed by atoms with Gasteiger partial charge in [-0.2, -0.15) is 39.5 Å². The molecule has 0 aliphatic carbocycles. The van der Waals surface area contributed by atoms with Crippen molar-refractivity contribution in [1.82, 2.24) is 0 Å². The van der Waals surface area contributed by atoms with Gasteiger partial charge in [-0.3, -0.25) is 0 Å². The van der Waals surface area contributed by atoms with Gasteiger partial charge in [-0.05, 0) is 19.1 Å². The van der Waals surface area contributed by atoms with E-state index in [2.05, 4.69) is 0 Å². The molecule has 0 heterocycles. The average Bonchev–Trinajstić information content (AvgIpc) is 2.08. The van der Waals surface area contributed by atoms with Gasteiger partial charge in [-0.25, -0.2) is 8.78 Å². The van der Waals surface area contributed by atoms with Crippen LogP contribution in [0.4, 0.5) is 48.3 Å². The molecule has 11 heteroatoms. The maximum atomic E-state index is 12.9. The third kappa shape index (κ3) is 3.50. The number of allylic oxidation sites excluding steroid dienone is 2. The number of hydrogen-bond acceptors (Lipinski definition) is 0. The van der Waals surface area contributed by atoms with Crippen LogP contribution in [0.5, 0.6) is 0 Å². The first-order valence-corrected chi connectivity index (χ1v) is 4.24. The lowest BCUT2D eigenvalue weighted by molar-refractivity contribution is -0.322. The van der Waals surface area contributed by atoms with Gasteiger partial charge < -0.3 is 0 Å². The highest BCUT2D eigenvalue weighted by Gasteiger charge is 2.71. The molecule has 0 aliphatic rings. The van der Waals surface area contributed by atoms with Crippen molar-refractivity contribution in [3.63, 3.8) is 0 Å². The van der Waals surface area contributed by atoms with Crippen molar-refractivity contribution < 1.29 is 48.3 Å². The van der Waals surface area contributed by atoms with Gasteiger partial charge in [0.15, 0.2) is 0 Å². The highest BCUT2D eigenvalue weighted by Crippen LogP contribution is 2.48. The molecule has 0 saturated heterocycles. The fourth-order valence-electron chi connectivity index (χ4n) is 0.716. The minimum absolute atomic E-state index is 0.351. The van der Waals surface area contributed by atoms with Gasteiger partial charge in [0.05, 0.1) is 0 Å². The van der Waals surface area contributed by atoms with Crippen molar-refractivity contribution >= 4 is 0 Å². The third-order valence-corrected chi connectivity index (χ3v) is 2.01. The van der Waals surface area contributed by atoms with Crippen LogP contribution in [0.2, 0.25) is 0 Å². The van der Waals surface area contributed by atoms with Gasteiger partial charge in [-0.1, -0.05) is 0 Å². The molecule has 0 fully saturated rings. The monoisotopic (exact) mass is 310 g/mol. The lowest BCUT2D eigenvalue weighted by Crippen LogP contribution is -2.52. The lowest BCUT2D eigenvalue weighted by Gasteiger charge is -2.28. The Bertz CT molecular complexity index is 325. The van der Waals surface area contributed by atoms with Crippen molar-refractivity contribution in [2.75, 3.05) is 0 Å². The molecule has 0 spiro atoms. The number of alkyl halides is 11. The Morgan fingerprint density at radius 2 is 0.842 bits per heavy atom. The molecule has 0 nitrogen and oxygen atoms in total. The fourth-order valence-corrected chi connectivity index (χ4v) is 0.716. The average molecular weight is 310 g/mol. The first-order chi connectivity index (χ1) is 7.96. The molecule has 0 aliphatic heterocycles. The van der Waals surface area contributed by atoms with Gasteiger partial charge in [0.25, 0.3) is 0 Å². The summed E-state index contributed by atoms with van der Waals surface area (Å²) in [5.74, 6) is 0. The van der Waals surface area contributed by atoms with Crippen LogP contribution < -0.4 is 0 Å².